The summed E-state index contributed by atoms with van der Waals surface area (Å²) in [4.78, 5) is 35.0. The fraction of sp³-hybridized carbons (Fsp3) is 0.387. The van der Waals surface area contributed by atoms with E-state index in [9.17, 15) is 24.6 Å². The molecule has 0 heterocycles. The van der Waals surface area contributed by atoms with E-state index in [0.29, 0.717) is 18.6 Å². The minimum absolute atomic E-state index is 0.311. The molecule has 2 rings (SSSR count). The maximum absolute atomic E-state index is 12.7. The highest BCUT2D eigenvalue weighted by Crippen LogP contribution is 2.19. The highest BCUT2D eigenvalue weighted by Gasteiger charge is 2.33. The van der Waals surface area contributed by atoms with Gasteiger partial charge < -0.3 is 29.5 Å². The molecular formula is C31H40O9. The van der Waals surface area contributed by atoms with Gasteiger partial charge in [-0.15, -0.1) is 0 Å². The summed E-state index contributed by atoms with van der Waals surface area (Å²) in [5.41, 5.74) is 1.59. The van der Waals surface area contributed by atoms with E-state index >= 15 is 0 Å². The van der Waals surface area contributed by atoms with Crippen molar-refractivity contribution in [1.29, 1.82) is 0 Å². The number of ketones is 1. The number of ether oxygens (including phenoxy) is 3. The second-order valence-corrected chi connectivity index (χ2v) is 8.81. The van der Waals surface area contributed by atoms with E-state index in [-0.39, 0.29) is 11.7 Å². The summed E-state index contributed by atoms with van der Waals surface area (Å²) in [7, 11) is 3.15. The summed E-state index contributed by atoms with van der Waals surface area (Å²) >= 11 is 0. The number of esters is 1. The van der Waals surface area contributed by atoms with Crippen LogP contribution in [0.3, 0.4) is 0 Å². The van der Waals surface area contributed by atoms with Crippen LogP contribution in [0.5, 0.6) is 11.5 Å². The van der Waals surface area contributed by atoms with Crippen molar-refractivity contribution >= 4 is 29.9 Å². The number of methoxy groups -OCH3 is 2. The van der Waals surface area contributed by atoms with Crippen molar-refractivity contribution in [2.45, 2.75) is 51.7 Å². The van der Waals surface area contributed by atoms with Crippen LogP contribution >= 0.6 is 0 Å². The highest BCUT2D eigenvalue weighted by molar-refractivity contribution is 5.92. The molecule has 3 unspecified atom stereocenters. The standard InChI is InChI=1S/C21H30O6.C10H10O3/c1-4-6-7-16(5-2)20(25)21(18(23)14-22)27-19(24)13-10-15-8-11-17(26-3)12-9-15;1-13-9-5-2-8(3-6-9)4-7-10(11)12/h8-13,16,18,21-23H,4-7,14H2,1-3H3;2-7H,1H3,(H,11,12). The van der Waals surface area contributed by atoms with E-state index in [2.05, 4.69) is 0 Å². The zero-order chi connectivity index (χ0) is 29.9. The number of Topliss-reactive ketones (excluding diaryl/α,β-unsaturated/α-hetero) is 1. The number of rotatable bonds is 15. The average Bonchev–Trinajstić information content (AvgIpc) is 2.98. The third-order valence-electron chi connectivity index (χ3n) is 5.92. The number of unbranched alkanes of at least 4 members (excludes halogenated alkanes) is 1. The first kappa shape index (κ1) is 34.1. The molecule has 2 aromatic carbocycles. The first-order valence-corrected chi connectivity index (χ1v) is 13.1. The molecule has 0 amide bonds. The Morgan fingerprint density at radius 3 is 1.75 bits per heavy atom. The van der Waals surface area contributed by atoms with Gasteiger partial charge in [0.25, 0.3) is 0 Å². The lowest BCUT2D eigenvalue weighted by Gasteiger charge is -2.24. The molecule has 2 aromatic rings. The fourth-order valence-electron chi connectivity index (χ4n) is 3.58. The molecule has 0 saturated heterocycles. The lowest BCUT2D eigenvalue weighted by Crippen LogP contribution is -2.43. The molecule has 218 valence electrons. The van der Waals surface area contributed by atoms with Gasteiger partial charge in [0.05, 0.1) is 20.8 Å². The predicted molar refractivity (Wildman–Crippen MR) is 153 cm³/mol. The number of carboxylic acids is 1. The highest BCUT2D eigenvalue weighted by atomic mass is 16.6. The van der Waals surface area contributed by atoms with Crippen LogP contribution in [-0.4, -0.2) is 66.1 Å². The summed E-state index contributed by atoms with van der Waals surface area (Å²) < 4.78 is 15.2. The van der Waals surface area contributed by atoms with Gasteiger partial charge in [0, 0.05) is 18.1 Å². The third-order valence-corrected chi connectivity index (χ3v) is 5.92. The number of aliphatic carboxylic acids is 1. The molecule has 9 nitrogen and oxygen atoms in total. The molecule has 0 aliphatic carbocycles. The van der Waals surface area contributed by atoms with Crippen molar-refractivity contribution in [3.8, 4) is 11.5 Å². The van der Waals surface area contributed by atoms with Crippen molar-refractivity contribution in [1.82, 2.24) is 0 Å². The van der Waals surface area contributed by atoms with Crippen LogP contribution in [0.4, 0.5) is 0 Å². The van der Waals surface area contributed by atoms with Crippen LogP contribution in [0.2, 0.25) is 0 Å². The van der Waals surface area contributed by atoms with Crippen molar-refractivity contribution in [3.63, 3.8) is 0 Å². The van der Waals surface area contributed by atoms with Gasteiger partial charge in [-0.1, -0.05) is 51.0 Å². The Hall–Kier alpha value is -3.95. The van der Waals surface area contributed by atoms with E-state index in [4.69, 9.17) is 19.3 Å². The minimum atomic E-state index is -1.44. The zero-order valence-electron chi connectivity index (χ0n) is 23.5. The van der Waals surface area contributed by atoms with Gasteiger partial charge in [-0.25, -0.2) is 9.59 Å². The summed E-state index contributed by atoms with van der Waals surface area (Å²) in [6.45, 7) is 3.25. The molecule has 0 aromatic heterocycles. The minimum Gasteiger partial charge on any atom is -0.497 e. The Balaban J connectivity index is 0.000000512. The number of carbonyl (C=O) groups is 3. The van der Waals surface area contributed by atoms with Gasteiger partial charge in [0.1, 0.15) is 17.6 Å². The number of hydrogen-bond donors (Lipinski definition) is 3. The van der Waals surface area contributed by atoms with Crippen molar-refractivity contribution in [3.05, 3.63) is 71.8 Å². The summed E-state index contributed by atoms with van der Waals surface area (Å²) in [6, 6.07) is 14.2. The molecule has 0 aliphatic heterocycles. The Bertz CT molecular complexity index is 1090. The summed E-state index contributed by atoms with van der Waals surface area (Å²) in [5.74, 6) is -0.900. The SMILES string of the molecule is CCCCC(CC)C(=O)C(OC(=O)C=Cc1ccc(OC)cc1)C(O)CO.COc1ccc(C=CC(=O)O)cc1. The molecule has 9 heteroatoms. The van der Waals surface area contributed by atoms with E-state index in [0.717, 1.165) is 35.8 Å². The van der Waals surface area contributed by atoms with Gasteiger partial charge in [-0.2, -0.15) is 0 Å². The zero-order valence-corrected chi connectivity index (χ0v) is 23.5. The number of aliphatic hydroxyl groups excluding tert-OH is 2. The number of aliphatic hydroxyl groups is 2. The average molecular weight is 557 g/mol. The van der Waals surface area contributed by atoms with Crippen molar-refractivity contribution < 1.29 is 43.9 Å². The number of carbonyl (C=O) groups excluding carboxylic acids is 2. The van der Waals surface area contributed by atoms with Crippen LogP contribution in [0, 0.1) is 5.92 Å². The number of benzene rings is 2. The molecule has 0 spiro atoms. The molecule has 0 saturated carbocycles. The predicted octanol–water partition coefficient (Wildman–Crippen LogP) is 4.55. The summed E-state index contributed by atoms with van der Waals surface area (Å²) in [6.07, 6.45) is 5.63. The molecule has 0 radical (unpaired) electrons. The van der Waals surface area contributed by atoms with Gasteiger partial charge in [0.15, 0.2) is 11.9 Å². The molecule has 0 aliphatic rings. The molecule has 3 atom stereocenters. The number of carboxylic acid groups (broad SMARTS) is 1. The van der Waals surface area contributed by atoms with Crippen LogP contribution in [0.15, 0.2) is 60.7 Å². The molecule has 0 fully saturated rings. The molecule has 40 heavy (non-hydrogen) atoms. The van der Waals surface area contributed by atoms with Crippen LogP contribution in [0.25, 0.3) is 12.2 Å². The van der Waals surface area contributed by atoms with Crippen LogP contribution < -0.4 is 9.47 Å². The van der Waals surface area contributed by atoms with E-state index < -0.39 is 30.8 Å². The second-order valence-electron chi connectivity index (χ2n) is 8.81. The van der Waals surface area contributed by atoms with Crippen LogP contribution in [0.1, 0.15) is 50.7 Å². The fourth-order valence-corrected chi connectivity index (χ4v) is 3.58. The van der Waals surface area contributed by atoms with Gasteiger partial charge in [-0.05, 0) is 60.4 Å². The Labute approximate surface area is 235 Å². The van der Waals surface area contributed by atoms with Crippen molar-refractivity contribution in [2.75, 3.05) is 20.8 Å². The van der Waals surface area contributed by atoms with E-state index in [1.54, 1.807) is 68.8 Å². The quantitative estimate of drug-likeness (QED) is 0.213. The molecular weight excluding hydrogens is 516 g/mol. The number of hydrogen-bond acceptors (Lipinski definition) is 8. The molecule has 0 bridgehead atoms. The van der Waals surface area contributed by atoms with Crippen molar-refractivity contribution in [2.24, 2.45) is 5.92 Å². The maximum Gasteiger partial charge on any atom is 0.331 e. The third kappa shape index (κ3) is 12.7. The molecule has 3 N–H and O–H groups in total. The Morgan fingerprint density at radius 1 is 0.850 bits per heavy atom. The topological polar surface area (TPSA) is 140 Å². The normalized spacial score (nSPS) is 13.2. The summed E-state index contributed by atoms with van der Waals surface area (Å²) in [5, 5.41) is 27.6. The Morgan fingerprint density at radius 2 is 1.35 bits per heavy atom. The monoisotopic (exact) mass is 556 g/mol. The van der Waals surface area contributed by atoms with E-state index in [1.807, 2.05) is 13.8 Å². The first-order chi connectivity index (χ1) is 19.2. The van der Waals surface area contributed by atoms with Gasteiger partial charge >= 0.3 is 11.9 Å². The maximum atomic E-state index is 12.7. The van der Waals surface area contributed by atoms with E-state index in [1.165, 1.54) is 12.2 Å². The smallest absolute Gasteiger partial charge is 0.331 e. The lowest BCUT2D eigenvalue weighted by atomic mass is 9.90. The largest absolute Gasteiger partial charge is 0.497 e. The second kappa shape index (κ2) is 19.2. The Kier molecular flexibility index (Phi) is 16.3. The first-order valence-electron chi connectivity index (χ1n) is 13.1. The lowest BCUT2D eigenvalue weighted by molar-refractivity contribution is -0.161. The van der Waals surface area contributed by atoms with Crippen LogP contribution in [-0.2, 0) is 19.1 Å². The van der Waals surface area contributed by atoms with Gasteiger partial charge in [0.2, 0.25) is 0 Å². The van der Waals surface area contributed by atoms with Gasteiger partial charge in [-0.3, -0.25) is 4.79 Å².